The van der Waals surface area contributed by atoms with Crippen molar-refractivity contribution >= 4 is 11.9 Å². The van der Waals surface area contributed by atoms with Gasteiger partial charge in [-0.25, -0.2) is 0 Å². The number of anilines is 1. The predicted molar refractivity (Wildman–Crippen MR) is 66.0 cm³/mol. The van der Waals surface area contributed by atoms with E-state index in [0.717, 1.165) is 25.8 Å². The minimum absolute atomic E-state index is 0.0404. The zero-order valence-electron chi connectivity index (χ0n) is 10.5. The Morgan fingerprint density at radius 1 is 1.44 bits per heavy atom. The molecule has 1 aliphatic rings. The van der Waals surface area contributed by atoms with Gasteiger partial charge in [0.2, 0.25) is 11.8 Å². The van der Waals surface area contributed by atoms with Gasteiger partial charge in [0, 0.05) is 6.04 Å². The lowest BCUT2D eigenvalue weighted by Crippen LogP contribution is -2.31. The maximum atomic E-state index is 11.4. The molecule has 0 aromatic carbocycles. The number of nitrogens with zero attached hydrogens (tertiary/aromatic N) is 2. The Bertz CT molecular complexity index is 389. The molecule has 1 heterocycles. The minimum Gasteiger partial charge on any atom is -0.407 e. The van der Waals surface area contributed by atoms with E-state index in [4.69, 9.17) is 4.42 Å². The van der Waals surface area contributed by atoms with Gasteiger partial charge in [-0.3, -0.25) is 4.79 Å². The third kappa shape index (κ3) is 4.33. The number of aromatic nitrogens is 2. The fourth-order valence-corrected chi connectivity index (χ4v) is 1.43. The highest BCUT2D eigenvalue weighted by molar-refractivity contribution is 5.80. The number of rotatable bonds is 8. The smallest absolute Gasteiger partial charge is 0.315 e. The van der Waals surface area contributed by atoms with E-state index in [2.05, 4.69) is 33.1 Å². The summed E-state index contributed by atoms with van der Waals surface area (Å²) in [6.07, 6.45) is 3.22. The first-order chi connectivity index (χ1) is 8.78. The van der Waals surface area contributed by atoms with Gasteiger partial charge in [0.05, 0.1) is 13.1 Å². The molecule has 0 saturated heterocycles. The van der Waals surface area contributed by atoms with Crippen LogP contribution in [0.25, 0.3) is 0 Å². The Balaban J connectivity index is 1.67. The van der Waals surface area contributed by atoms with Crippen LogP contribution in [0.1, 0.15) is 32.1 Å². The quantitative estimate of drug-likeness (QED) is 0.576. The van der Waals surface area contributed by atoms with Crippen LogP contribution in [0.4, 0.5) is 6.01 Å². The van der Waals surface area contributed by atoms with Crippen LogP contribution in [-0.2, 0) is 11.3 Å². The second-order valence-corrected chi connectivity index (χ2v) is 4.37. The van der Waals surface area contributed by atoms with Crippen LogP contribution < -0.4 is 16.0 Å². The molecule has 100 valence electrons. The molecular weight excluding hydrogens is 234 g/mol. The molecule has 1 aromatic rings. The average molecular weight is 253 g/mol. The van der Waals surface area contributed by atoms with E-state index in [9.17, 15) is 4.79 Å². The van der Waals surface area contributed by atoms with Gasteiger partial charge >= 0.3 is 6.01 Å². The van der Waals surface area contributed by atoms with Crippen LogP contribution in [0.5, 0.6) is 0 Å². The Kier molecular flexibility index (Phi) is 4.52. The van der Waals surface area contributed by atoms with Crippen LogP contribution >= 0.6 is 0 Å². The first kappa shape index (κ1) is 12.8. The Labute approximate surface area is 106 Å². The second kappa shape index (κ2) is 6.34. The first-order valence-corrected chi connectivity index (χ1v) is 6.34. The number of hydrogen-bond donors (Lipinski definition) is 3. The summed E-state index contributed by atoms with van der Waals surface area (Å²) in [4.78, 5) is 11.4. The number of carbonyl (C=O) groups excluding carboxylic acids is 1. The van der Waals surface area contributed by atoms with Gasteiger partial charge in [0.25, 0.3) is 0 Å². The van der Waals surface area contributed by atoms with Crippen molar-refractivity contribution in [2.75, 3.05) is 18.4 Å². The number of hydrogen-bond acceptors (Lipinski definition) is 6. The zero-order chi connectivity index (χ0) is 12.8. The summed E-state index contributed by atoms with van der Waals surface area (Å²) in [7, 11) is 0. The Morgan fingerprint density at radius 3 is 3.00 bits per heavy atom. The summed E-state index contributed by atoms with van der Waals surface area (Å²) in [5.74, 6) is 0.481. The minimum atomic E-state index is -0.0404. The highest BCUT2D eigenvalue weighted by atomic mass is 16.4. The molecule has 0 aliphatic heterocycles. The van der Waals surface area contributed by atoms with Crippen LogP contribution in [-0.4, -0.2) is 35.2 Å². The summed E-state index contributed by atoms with van der Waals surface area (Å²) < 4.78 is 5.33. The van der Waals surface area contributed by atoms with Crippen LogP contribution in [0, 0.1) is 0 Å². The van der Waals surface area contributed by atoms with Crippen LogP contribution in [0.2, 0.25) is 0 Å². The normalized spacial score (nSPS) is 14.5. The van der Waals surface area contributed by atoms with Crippen molar-refractivity contribution in [1.29, 1.82) is 0 Å². The van der Waals surface area contributed by atoms with E-state index in [1.54, 1.807) is 0 Å². The molecule has 0 spiro atoms. The standard InChI is InChI=1S/C11H19N5O2/c1-2-5-12-7-10-15-16-11(18-10)13-6-9(17)14-8-3-4-8/h8,12H,2-7H2,1H3,(H,13,16)(H,14,17). The molecule has 1 aliphatic carbocycles. The molecule has 0 atom stereocenters. The molecule has 3 N–H and O–H groups in total. The summed E-state index contributed by atoms with van der Waals surface area (Å²) in [6.45, 7) is 3.72. The largest absolute Gasteiger partial charge is 0.407 e. The molecule has 0 bridgehead atoms. The van der Waals surface area contributed by atoms with E-state index in [1.807, 2.05) is 0 Å². The van der Waals surface area contributed by atoms with Crippen molar-refractivity contribution < 1.29 is 9.21 Å². The molecule has 1 amide bonds. The molecule has 2 rings (SSSR count). The van der Waals surface area contributed by atoms with Gasteiger partial charge < -0.3 is 20.4 Å². The number of carbonyl (C=O) groups is 1. The highest BCUT2D eigenvalue weighted by Gasteiger charge is 2.23. The lowest BCUT2D eigenvalue weighted by molar-refractivity contribution is -0.119. The molecule has 0 radical (unpaired) electrons. The summed E-state index contributed by atoms with van der Waals surface area (Å²) in [5.41, 5.74) is 0. The molecular formula is C11H19N5O2. The SMILES string of the molecule is CCCNCc1nnc(NCC(=O)NC2CC2)o1. The lowest BCUT2D eigenvalue weighted by Gasteiger charge is -2.02. The van der Waals surface area contributed by atoms with Crippen molar-refractivity contribution in [2.45, 2.75) is 38.8 Å². The zero-order valence-corrected chi connectivity index (χ0v) is 10.5. The van der Waals surface area contributed by atoms with Crippen molar-refractivity contribution in [3.8, 4) is 0 Å². The van der Waals surface area contributed by atoms with E-state index in [-0.39, 0.29) is 18.5 Å². The van der Waals surface area contributed by atoms with E-state index >= 15 is 0 Å². The molecule has 7 heteroatoms. The highest BCUT2D eigenvalue weighted by Crippen LogP contribution is 2.18. The van der Waals surface area contributed by atoms with Gasteiger partial charge in [-0.1, -0.05) is 12.0 Å². The van der Waals surface area contributed by atoms with E-state index in [0.29, 0.717) is 18.5 Å². The summed E-state index contributed by atoms with van der Waals surface area (Å²) in [5, 5.41) is 16.5. The van der Waals surface area contributed by atoms with Crippen molar-refractivity contribution in [3.05, 3.63) is 5.89 Å². The third-order valence-corrected chi connectivity index (χ3v) is 2.51. The van der Waals surface area contributed by atoms with Crippen LogP contribution in [0.3, 0.4) is 0 Å². The molecule has 7 nitrogen and oxygen atoms in total. The maximum Gasteiger partial charge on any atom is 0.315 e. The second-order valence-electron chi connectivity index (χ2n) is 4.37. The van der Waals surface area contributed by atoms with Gasteiger partial charge in [-0.15, -0.1) is 5.10 Å². The molecule has 1 aromatic heterocycles. The summed E-state index contributed by atoms with van der Waals surface area (Å²) in [6, 6.07) is 0.657. The molecule has 18 heavy (non-hydrogen) atoms. The van der Waals surface area contributed by atoms with Gasteiger partial charge in [-0.05, 0) is 25.8 Å². The third-order valence-electron chi connectivity index (χ3n) is 2.51. The lowest BCUT2D eigenvalue weighted by atomic mass is 10.5. The first-order valence-electron chi connectivity index (χ1n) is 6.34. The fourth-order valence-electron chi connectivity index (χ4n) is 1.43. The van der Waals surface area contributed by atoms with Gasteiger partial charge in [0.1, 0.15) is 0 Å². The van der Waals surface area contributed by atoms with Gasteiger partial charge in [-0.2, -0.15) is 0 Å². The summed E-state index contributed by atoms with van der Waals surface area (Å²) >= 11 is 0. The topological polar surface area (TPSA) is 92.1 Å². The maximum absolute atomic E-state index is 11.4. The monoisotopic (exact) mass is 253 g/mol. The fraction of sp³-hybridized carbons (Fsp3) is 0.727. The van der Waals surface area contributed by atoms with E-state index < -0.39 is 0 Å². The van der Waals surface area contributed by atoms with Crippen molar-refractivity contribution in [3.63, 3.8) is 0 Å². The molecule has 1 saturated carbocycles. The molecule has 1 fully saturated rings. The van der Waals surface area contributed by atoms with Crippen molar-refractivity contribution in [1.82, 2.24) is 20.8 Å². The Morgan fingerprint density at radius 2 is 2.28 bits per heavy atom. The molecule has 0 unspecified atom stereocenters. The van der Waals surface area contributed by atoms with Crippen molar-refractivity contribution in [2.24, 2.45) is 0 Å². The number of nitrogens with one attached hydrogen (secondary N) is 3. The average Bonchev–Trinajstić information content (AvgIpc) is 3.05. The number of amides is 1. The van der Waals surface area contributed by atoms with Gasteiger partial charge in [0.15, 0.2) is 0 Å². The van der Waals surface area contributed by atoms with Crippen LogP contribution in [0.15, 0.2) is 4.42 Å². The predicted octanol–water partition coefficient (Wildman–Crippen LogP) is 0.260. The Hall–Kier alpha value is -1.63. The van der Waals surface area contributed by atoms with E-state index in [1.165, 1.54) is 0 Å².